The van der Waals surface area contributed by atoms with Crippen LogP contribution in [0, 0.1) is 16.0 Å². The van der Waals surface area contributed by atoms with E-state index in [-0.39, 0.29) is 5.69 Å². The Balaban J connectivity index is 1.75. The van der Waals surface area contributed by atoms with Crippen LogP contribution in [0.3, 0.4) is 0 Å². The largest absolute Gasteiger partial charge is 0.365 e. The molecule has 1 atom stereocenters. The highest BCUT2D eigenvalue weighted by Gasteiger charge is 2.34. The third kappa shape index (κ3) is 2.57. The minimum absolute atomic E-state index is 0.00587. The van der Waals surface area contributed by atoms with Crippen LogP contribution in [-0.4, -0.2) is 40.5 Å². The second kappa shape index (κ2) is 5.05. The molecule has 0 aromatic carbocycles. The maximum atomic E-state index is 10.7. The first-order valence-electron chi connectivity index (χ1n) is 6.42. The molecule has 3 saturated heterocycles. The van der Waals surface area contributed by atoms with E-state index in [0.29, 0.717) is 22.3 Å². The standard InChI is InChI=1S/C12H15BrN4O2/c13-10-5-9(17(18)19)6-14-12(10)15-11-7-16-3-1-8(11)2-4-16/h5-6,8,11H,1-4,7H2,(H,14,15). The highest BCUT2D eigenvalue weighted by Crippen LogP contribution is 2.32. The van der Waals surface area contributed by atoms with Crippen molar-refractivity contribution in [1.82, 2.24) is 9.88 Å². The van der Waals surface area contributed by atoms with Crippen LogP contribution in [-0.2, 0) is 0 Å². The van der Waals surface area contributed by atoms with Crippen molar-refractivity contribution < 1.29 is 4.92 Å². The molecular formula is C12H15BrN4O2. The number of halogens is 1. The molecule has 0 radical (unpaired) electrons. The zero-order valence-electron chi connectivity index (χ0n) is 10.4. The quantitative estimate of drug-likeness (QED) is 0.681. The van der Waals surface area contributed by atoms with Crippen LogP contribution < -0.4 is 5.32 Å². The summed E-state index contributed by atoms with van der Waals surface area (Å²) < 4.78 is 0.651. The van der Waals surface area contributed by atoms with Crippen LogP contribution in [0.2, 0.25) is 0 Å². The molecule has 19 heavy (non-hydrogen) atoms. The van der Waals surface area contributed by atoms with Gasteiger partial charge in [-0.25, -0.2) is 4.98 Å². The topological polar surface area (TPSA) is 71.3 Å². The number of pyridine rings is 1. The van der Waals surface area contributed by atoms with Gasteiger partial charge in [-0.05, 0) is 47.8 Å². The molecule has 4 rings (SSSR count). The molecule has 1 aromatic rings. The van der Waals surface area contributed by atoms with Gasteiger partial charge in [0.05, 0.1) is 9.40 Å². The lowest BCUT2D eigenvalue weighted by molar-refractivity contribution is -0.385. The number of aromatic nitrogens is 1. The number of nitrogens with zero attached hydrogens (tertiary/aromatic N) is 3. The van der Waals surface area contributed by atoms with Crippen LogP contribution in [0.15, 0.2) is 16.7 Å². The highest BCUT2D eigenvalue weighted by molar-refractivity contribution is 9.10. The van der Waals surface area contributed by atoms with E-state index in [2.05, 4.69) is 31.1 Å². The number of hydrogen-bond acceptors (Lipinski definition) is 5. The number of anilines is 1. The number of rotatable bonds is 3. The third-order valence-electron chi connectivity index (χ3n) is 4.02. The fourth-order valence-corrected chi connectivity index (χ4v) is 3.39. The van der Waals surface area contributed by atoms with Crippen LogP contribution in [0.4, 0.5) is 11.5 Å². The van der Waals surface area contributed by atoms with Crippen LogP contribution in [0.5, 0.6) is 0 Å². The molecule has 1 N–H and O–H groups in total. The molecule has 3 fully saturated rings. The molecular weight excluding hydrogens is 312 g/mol. The molecule has 102 valence electrons. The fraction of sp³-hybridized carbons (Fsp3) is 0.583. The van der Waals surface area contributed by atoms with E-state index in [1.54, 1.807) is 0 Å². The van der Waals surface area contributed by atoms with Crippen molar-refractivity contribution in [2.45, 2.75) is 18.9 Å². The summed E-state index contributed by atoms with van der Waals surface area (Å²) in [5.41, 5.74) is 0.00587. The summed E-state index contributed by atoms with van der Waals surface area (Å²) in [5, 5.41) is 14.1. The summed E-state index contributed by atoms with van der Waals surface area (Å²) >= 11 is 3.35. The summed E-state index contributed by atoms with van der Waals surface area (Å²) in [7, 11) is 0. The van der Waals surface area contributed by atoms with E-state index in [4.69, 9.17) is 0 Å². The lowest BCUT2D eigenvalue weighted by Gasteiger charge is -2.45. The lowest BCUT2D eigenvalue weighted by atomic mass is 9.84. The summed E-state index contributed by atoms with van der Waals surface area (Å²) in [6.07, 6.45) is 3.75. The van der Waals surface area contributed by atoms with Gasteiger partial charge in [0.2, 0.25) is 0 Å². The van der Waals surface area contributed by atoms with Gasteiger partial charge >= 0.3 is 0 Å². The zero-order chi connectivity index (χ0) is 13.4. The van der Waals surface area contributed by atoms with E-state index >= 15 is 0 Å². The Labute approximate surface area is 119 Å². The molecule has 3 aliphatic rings. The molecule has 6 nitrogen and oxygen atoms in total. The molecule has 0 amide bonds. The van der Waals surface area contributed by atoms with Gasteiger partial charge in [-0.2, -0.15) is 0 Å². The van der Waals surface area contributed by atoms with Gasteiger partial charge in [0, 0.05) is 18.7 Å². The molecule has 0 saturated carbocycles. The molecule has 3 aliphatic heterocycles. The smallest absolute Gasteiger partial charge is 0.288 e. The van der Waals surface area contributed by atoms with Crippen LogP contribution >= 0.6 is 15.9 Å². The van der Waals surface area contributed by atoms with Crippen molar-refractivity contribution in [2.24, 2.45) is 5.92 Å². The van der Waals surface area contributed by atoms with Gasteiger partial charge in [-0.1, -0.05) is 0 Å². The first-order valence-corrected chi connectivity index (χ1v) is 7.21. The van der Waals surface area contributed by atoms with Crippen molar-refractivity contribution in [3.63, 3.8) is 0 Å². The van der Waals surface area contributed by atoms with E-state index in [1.165, 1.54) is 38.2 Å². The van der Waals surface area contributed by atoms with Crippen molar-refractivity contribution in [3.05, 3.63) is 26.9 Å². The molecule has 0 spiro atoms. The Morgan fingerprint density at radius 1 is 1.47 bits per heavy atom. The Kier molecular flexibility index (Phi) is 3.40. The lowest BCUT2D eigenvalue weighted by Crippen LogP contribution is -2.53. The summed E-state index contributed by atoms with van der Waals surface area (Å²) in [4.78, 5) is 16.9. The number of nitro groups is 1. The predicted octanol–water partition coefficient (Wildman–Crippen LogP) is 2.26. The summed E-state index contributed by atoms with van der Waals surface area (Å²) in [6, 6.07) is 1.89. The second-order valence-electron chi connectivity index (χ2n) is 5.17. The normalized spacial score (nSPS) is 29.2. The monoisotopic (exact) mass is 326 g/mol. The van der Waals surface area contributed by atoms with Gasteiger partial charge in [0.1, 0.15) is 12.0 Å². The minimum Gasteiger partial charge on any atom is -0.365 e. The Hall–Kier alpha value is -1.21. The Morgan fingerprint density at radius 2 is 2.21 bits per heavy atom. The molecule has 7 heteroatoms. The minimum atomic E-state index is -0.435. The molecule has 2 bridgehead atoms. The van der Waals surface area contributed by atoms with Crippen molar-refractivity contribution in [3.8, 4) is 0 Å². The maximum Gasteiger partial charge on any atom is 0.288 e. The number of piperidine rings is 3. The number of nitrogens with one attached hydrogen (secondary N) is 1. The second-order valence-corrected chi connectivity index (χ2v) is 6.02. The van der Waals surface area contributed by atoms with E-state index in [1.807, 2.05) is 0 Å². The molecule has 1 unspecified atom stereocenters. The summed E-state index contributed by atoms with van der Waals surface area (Å²) in [5.74, 6) is 1.39. The van der Waals surface area contributed by atoms with Crippen LogP contribution in [0.25, 0.3) is 0 Å². The summed E-state index contributed by atoms with van der Waals surface area (Å²) in [6.45, 7) is 3.42. The van der Waals surface area contributed by atoms with Gasteiger partial charge in [-0.3, -0.25) is 10.1 Å². The van der Waals surface area contributed by atoms with E-state index in [0.717, 1.165) is 6.54 Å². The Morgan fingerprint density at radius 3 is 2.74 bits per heavy atom. The SMILES string of the molecule is O=[N+]([O-])c1cnc(NC2CN3CCC2CC3)c(Br)c1. The fourth-order valence-electron chi connectivity index (χ4n) is 2.94. The van der Waals surface area contributed by atoms with Crippen molar-refractivity contribution >= 4 is 27.4 Å². The average Bonchev–Trinajstić information content (AvgIpc) is 2.42. The van der Waals surface area contributed by atoms with Gasteiger partial charge in [0.25, 0.3) is 5.69 Å². The van der Waals surface area contributed by atoms with Gasteiger partial charge < -0.3 is 10.2 Å². The highest BCUT2D eigenvalue weighted by atomic mass is 79.9. The first-order chi connectivity index (χ1) is 9.13. The van der Waals surface area contributed by atoms with Crippen molar-refractivity contribution in [2.75, 3.05) is 25.0 Å². The van der Waals surface area contributed by atoms with Crippen LogP contribution in [0.1, 0.15) is 12.8 Å². The first kappa shape index (κ1) is 12.8. The van der Waals surface area contributed by atoms with E-state index < -0.39 is 4.92 Å². The molecule has 1 aromatic heterocycles. The molecule has 0 aliphatic carbocycles. The zero-order valence-corrected chi connectivity index (χ0v) is 12.0. The Bertz CT molecular complexity index is 503. The third-order valence-corrected chi connectivity index (χ3v) is 4.62. The van der Waals surface area contributed by atoms with E-state index in [9.17, 15) is 10.1 Å². The van der Waals surface area contributed by atoms with Crippen molar-refractivity contribution in [1.29, 1.82) is 0 Å². The van der Waals surface area contributed by atoms with Gasteiger partial charge in [-0.15, -0.1) is 0 Å². The van der Waals surface area contributed by atoms with Gasteiger partial charge in [0.15, 0.2) is 0 Å². The number of fused-ring (bicyclic) bond motifs is 3. The predicted molar refractivity (Wildman–Crippen MR) is 75.2 cm³/mol. The maximum absolute atomic E-state index is 10.7. The molecule has 4 heterocycles. The number of hydrogen-bond donors (Lipinski definition) is 1. The average molecular weight is 327 g/mol.